The molecule has 88 valence electrons. The lowest BCUT2D eigenvalue weighted by Crippen LogP contribution is -2.23. The second kappa shape index (κ2) is 4.93. The van der Waals surface area contributed by atoms with Crippen LogP contribution < -0.4 is 0 Å². The molecule has 1 unspecified atom stereocenters. The minimum atomic E-state index is -0.0854. The van der Waals surface area contributed by atoms with Gasteiger partial charge in [0.1, 0.15) is 5.01 Å². The minimum absolute atomic E-state index is 0.0473. The van der Waals surface area contributed by atoms with E-state index < -0.39 is 0 Å². The lowest BCUT2D eigenvalue weighted by molar-refractivity contribution is -0.144. The molecule has 0 radical (unpaired) electrons. The molecule has 1 atom stereocenters. The number of carbonyl (C=O) groups is 1. The van der Waals surface area contributed by atoms with Crippen LogP contribution in [-0.2, 0) is 16.1 Å². The second-order valence-electron chi connectivity index (χ2n) is 4.13. The third-order valence-electron chi connectivity index (χ3n) is 2.83. The summed E-state index contributed by atoms with van der Waals surface area (Å²) in [6, 6.07) is 0. The first-order chi connectivity index (χ1) is 7.69. The summed E-state index contributed by atoms with van der Waals surface area (Å²) in [5.41, 5.74) is 1.07. The third-order valence-corrected chi connectivity index (χ3v) is 3.78. The number of thiazole rings is 1. The molecule has 1 saturated heterocycles. The molecule has 2 rings (SSSR count). The number of rotatable bonds is 3. The van der Waals surface area contributed by atoms with Gasteiger partial charge in [-0.25, -0.2) is 4.98 Å². The maximum atomic E-state index is 11.4. The van der Waals surface area contributed by atoms with Gasteiger partial charge >= 0.3 is 5.97 Å². The van der Waals surface area contributed by atoms with Crippen molar-refractivity contribution >= 4 is 17.3 Å². The van der Waals surface area contributed by atoms with Crippen molar-refractivity contribution in [3.05, 3.63) is 16.1 Å². The lowest BCUT2D eigenvalue weighted by atomic mass is 10.1. The summed E-state index contributed by atoms with van der Waals surface area (Å²) >= 11 is 1.68. The second-order valence-corrected chi connectivity index (χ2v) is 5.07. The number of nitrogens with zero attached hydrogens (tertiary/aromatic N) is 2. The monoisotopic (exact) mass is 240 g/mol. The molecule has 1 aliphatic heterocycles. The van der Waals surface area contributed by atoms with Crippen LogP contribution in [0.15, 0.2) is 5.38 Å². The topological polar surface area (TPSA) is 42.4 Å². The third kappa shape index (κ3) is 2.59. The Labute approximate surface area is 99.2 Å². The average molecular weight is 240 g/mol. The van der Waals surface area contributed by atoms with Gasteiger partial charge in [-0.2, -0.15) is 0 Å². The number of esters is 1. The molecule has 2 heterocycles. The van der Waals surface area contributed by atoms with Gasteiger partial charge in [0.2, 0.25) is 0 Å². The van der Waals surface area contributed by atoms with Gasteiger partial charge in [0.25, 0.3) is 0 Å². The van der Waals surface area contributed by atoms with Gasteiger partial charge in [-0.3, -0.25) is 9.69 Å². The van der Waals surface area contributed by atoms with Crippen LogP contribution in [0.25, 0.3) is 0 Å². The van der Waals surface area contributed by atoms with Gasteiger partial charge < -0.3 is 4.74 Å². The number of ether oxygens (including phenoxy) is 1. The highest BCUT2D eigenvalue weighted by atomic mass is 32.1. The highest BCUT2D eigenvalue weighted by molar-refractivity contribution is 7.09. The molecule has 0 bridgehead atoms. The van der Waals surface area contributed by atoms with Gasteiger partial charge in [0.05, 0.1) is 19.6 Å². The number of methoxy groups -OCH3 is 1. The maximum Gasteiger partial charge on any atom is 0.310 e. The van der Waals surface area contributed by atoms with Gasteiger partial charge in [0.15, 0.2) is 0 Å². The molecule has 1 aliphatic rings. The van der Waals surface area contributed by atoms with Crippen molar-refractivity contribution in [2.75, 3.05) is 20.2 Å². The normalized spacial score (nSPS) is 21.2. The zero-order valence-electron chi connectivity index (χ0n) is 9.60. The molecule has 0 spiro atoms. The maximum absolute atomic E-state index is 11.4. The van der Waals surface area contributed by atoms with E-state index in [0.29, 0.717) is 0 Å². The Morgan fingerprint density at radius 3 is 3.19 bits per heavy atom. The summed E-state index contributed by atoms with van der Waals surface area (Å²) in [6.07, 6.45) is 0.900. The number of carbonyl (C=O) groups excluding carboxylic acids is 1. The van der Waals surface area contributed by atoms with Crippen molar-refractivity contribution in [2.45, 2.75) is 19.9 Å². The summed E-state index contributed by atoms with van der Waals surface area (Å²) in [4.78, 5) is 18.0. The van der Waals surface area contributed by atoms with Crippen molar-refractivity contribution in [3.63, 3.8) is 0 Å². The van der Waals surface area contributed by atoms with Crippen LogP contribution in [0.5, 0.6) is 0 Å². The van der Waals surface area contributed by atoms with Crippen molar-refractivity contribution < 1.29 is 9.53 Å². The fraction of sp³-hybridized carbons (Fsp3) is 0.636. The molecule has 16 heavy (non-hydrogen) atoms. The summed E-state index contributed by atoms with van der Waals surface area (Å²) in [6.45, 7) is 4.61. The Morgan fingerprint density at radius 1 is 1.75 bits per heavy atom. The molecule has 1 fully saturated rings. The van der Waals surface area contributed by atoms with Gasteiger partial charge in [0, 0.05) is 17.6 Å². The Morgan fingerprint density at radius 2 is 2.56 bits per heavy atom. The molecule has 5 heteroatoms. The minimum Gasteiger partial charge on any atom is -0.469 e. The molecule has 0 aliphatic carbocycles. The molecule has 4 nitrogen and oxygen atoms in total. The fourth-order valence-electron chi connectivity index (χ4n) is 2.00. The number of likely N-dealkylation sites (tertiary alicyclic amines) is 1. The van der Waals surface area contributed by atoms with E-state index in [0.717, 1.165) is 36.8 Å². The predicted molar refractivity (Wildman–Crippen MR) is 62.3 cm³/mol. The van der Waals surface area contributed by atoms with Crippen LogP contribution in [0.2, 0.25) is 0 Å². The number of aromatic nitrogens is 1. The van der Waals surface area contributed by atoms with E-state index in [1.807, 2.05) is 6.92 Å². The van der Waals surface area contributed by atoms with E-state index in [1.54, 1.807) is 11.3 Å². The molecular formula is C11H16N2O2S. The zero-order chi connectivity index (χ0) is 11.5. The summed E-state index contributed by atoms with van der Waals surface area (Å²) in [5.74, 6) is -0.0381. The van der Waals surface area contributed by atoms with E-state index in [-0.39, 0.29) is 11.9 Å². The molecule has 0 saturated carbocycles. The Balaban J connectivity index is 1.87. The average Bonchev–Trinajstić information content (AvgIpc) is 2.87. The summed E-state index contributed by atoms with van der Waals surface area (Å²) < 4.78 is 4.76. The Kier molecular flexibility index (Phi) is 3.56. The van der Waals surface area contributed by atoms with E-state index in [2.05, 4.69) is 15.3 Å². The highest BCUT2D eigenvalue weighted by Crippen LogP contribution is 2.20. The van der Waals surface area contributed by atoms with Crippen LogP contribution in [0, 0.1) is 12.8 Å². The fourth-order valence-corrected chi connectivity index (χ4v) is 2.82. The molecule has 0 N–H and O–H groups in total. The summed E-state index contributed by atoms with van der Waals surface area (Å²) in [7, 11) is 1.45. The molecule has 1 aromatic rings. The van der Waals surface area contributed by atoms with Gasteiger partial charge in [-0.05, 0) is 19.9 Å². The zero-order valence-corrected chi connectivity index (χ0v) is 10.4. The van der Waals surface area contributed by atoms with Crippen molar-refractivity contribution in [1.82, 2.24) is 9.88 Å². The van der Waals surface area contributed by atoms with Crippen LogP contribution in [0.4, 0.5) is 0 Å². The predicted octanol–water partition coefficient (Wildman–Crippen LogP) is 1.45. The molecule has 0 amide bonds. The molecular weight excluding hydrogens is 224 g/mol. The Bertz CT molecular complexity index is 378. The first-order valence-electron chi connectivity index (χ1n) is 5.40. The number of aryl methyl sites for hydroxylation is 1. The van der Waals surface area contributed by atoms with Crippen LogP contribution in [0.1, 0.15) is 17.1 Å². The lowest BCUT2D eigenvalue weighted by Gasteiger charge is -2.13. The largest absolute Gasteiger partial charge is 0.469 e. The van der Waals surface area contributed by atoms with E-state index in [4.69, 9.17) is 4.74 Å². The number of hydrogen-bond acceptors (Lipinski definition) is 5. The van der Waals surface area contributed by atoms with Crippen LogP contribution in [0.3, 0.4) is 0 Å². The van der Waals surface area contributed by atoms with Gasteiger partial charge in [-0.15, -0.1) is 11.3 Å². The standard InChI is InChI=1S/C11H16N2O2S/c1-8-7-16-10(12-8)6-13-4-3-9(5-13)11(14)15-2/h7,9H,3-6H2,1-2H3. The van der Waals surface area contributed by atoms with Crippen molar-refractivity contribution in [2.24, 2.45) is 5.92 Å². The van der Waals surface area contributed by atoms with E-state index in [1.165, 1.54) is 7.11 Å². The van der Waals surface area contributed by atoms with E-state index in [9.17, 15) is 4.79 Å². The number of hydrogen-bond donors (Lipinski definition) is 0. The quantitative estimate of drug-likeness (QED) is 0.750. The van der Waals surface area contributed by atoms with Crippen molar-refractivity contribution in [3.8, 4) is 0 Å². The van der Waals surface area contributed by atoms with Crippen molar-refractivity contribution in [1.29, 1.82) is 0 Å². The van der Waals surface area contributed by atoms with Gasteiger partial charge in [-0.1, -0.05) is 0 Å². The highest BCUT2D eigenvalue weighted by Gasteiger charge is 2.29. The molecule has 1 aromatic heterocycles. The van der Waals surface area contributed by atoms with Crippen LogP contribution >= 0.6 is 11.3 Å². The Hall–Kier alpha value is -0.940. The van der Waals surface area contributed by atoms with Crippen LogP contribution in [-0.4, -0.2) is 36.1 Å². The first-order valence-corrected chi connectivity index (χ1v) is 6.28. The first kappa shape index (κ1) is 11.5. The molecule has 0 aromatic carbocycles. The van der Waals surface area contributed by atoms with E-state index >= 15 is 0 Å². The smallest absolute Gasteiger partial charge is 0.310 e. The SMILES string of the molecule is COC(=O)C1CCN(Cc2nc(C)cs2)C1. The summed E-state index contributed by atoms with van der Waals surface area (Å²) in [5, 5.41) is 3.19.